The van der Waals surface area contributed by atoms with Gasteiger partial charge in [0.1, 0.15) is 5.38 Å². The summed E-state index contributed by atoms with van der Waals surface area (Å²) < 4.78 is 5.79. The van der Waals surface area contributed by atoms with E-state index in [1.807, 2.05) is 6.92 Å². The first-order valence-corrected chi connectivity index (χ1v) is 6.75. The van der Waals surface area contributed by atoms with Crippen molar-refractivity contribution in [3.05, 3.63) is 0 Å². The van der Waals surface area contributed by atoms with Crippen LogP contribution >= 0.6 is 11.6 Å². The average molecular weight is 262 g/mol. The van der Waals surface area contributed by atoms with Crippen molar-refractivity contribution >= 4 is 17.5 Å². The smallest absolute Gasteiger partial charge is 0.240 e. The number of rotatable bonds is 2. The van der Waals surface area contributed by atoms with E-state index in [0.717, 1.165) is 6.42 Å². The first-order valence-electron chi connectivity index (χ1n) is 6.31. The Kier molecular flexibility index (Phi) is 3.95. The fraction of sp³-hybridized carbons (Fsp3) is 0.917. The highest BCUT2D eigenvalue weighted by atomic mass is 35.5. The van der Waals surface area contributed by atoms with Crippen molar-refractivity contribution in [2.75, 3.05) is 19.7 Å². The number of aliphatic hydroxyl groups is 1. The van der Waals surface area contributed by atoms with E-state index in [2.05, 4.69) is 0 Å². The van der Waals surface area contributed by atoms with Gasteiger partial charge < -0.3 is 14.7 Å². The molecule has 0 bridgehead atoms. The molecule has 0 aliphatic carbocycles. The molecule has 0 radical (unpaired) electrons. The third-order valence-corrected chi connectivity index (χ3v) is 4.22. The molecule has 0 saturated carbocycles. The molecule has 2 fully saturated rings. The summed E-state index contributed by atoms with van der Waals surface area (Å²) in [5, 5.41) is 9.27. The van der Waals surface area contributed by atoms with Gasteiger partial charge in [0, 0.05) is 26.1 Å². The quantitative estimate of drug-likeness (QED) is 0.759. The Balaban J connectivity index is 1.96. The molecule has 3 atom stereocenters. The molecule has 4 nitrogen and oxygen atoms in total. The Hall–Kier alpha value is -0.320. The second kappa shape index (κ2) is 5.12. The van der Waals surface area contributed by atoms with Gasteiger partial charge in [-0.25, -0.2) is 0 Å². The summed E-state index contributed by atoms with van der Waals surface area (Å²) in [7, 11) is 0. The summed E-state index contributed by atoms with van der Waals surface area (Å²) in [5.74, 6) is -0.00490. The zero-order valence-corrected chi connectivity index (χ0v) is 10.9. The Labute approximate surface area is 107 Å². The molecule has 2 aliphatic heterocycles. The van der Waals surface area contributed by atoms with Gasteiger partial charge in [0.05, 0.1) is 11.7 Å². The van der Waals surface area contributed by atoms with E-state index in [4.69, 9.17) is 16.3 Å². The van der Waals surface area contributed by atoms with Crippen molar-refractivity contribution in [2.24, 2.45) is 0 Å². The van der Waals surface area contributed by atoms with E-state index in [-0.39, 0.29) is 17.6 Å². The summed E-state index contributed by atoms with van der Waals surface area (Å²) in [6.07, 6.45) is 2.49. The van der Waals surface area contributed by atoms with Crippen LogP contribution in [0.25, 0.3) is 0 Å². The van der Waals surface area contributed by atoms with Crippen molar-refractivity contribution in [2.45, 2.75) is 49.7 Å². The zero-order chi connectivity index (χ0) is 12.5. The molecular weight excluding hydrogens is 242 g/mol. The number of nitrogens with zero attached hydrogens (tertiary/aromatic N) is 1. The number of hydrogen-bond acceptors (Lipinski definition) is 3. The van der Waals surface area contributed by atoms with Crippen LogP contribution in [0.5, 0.6) is 0 Å². The van der Waals surface area contributed by atoms with E-state index in [1.54, 1.807) is 4.90 Å². The number of carbonyl (C=O) groups is 1. The summed E-state index contributed by atoms with van der Waals surface area (Å²) >= 11 is 5.97. The number of alkyl halides is 1. The minimum atomic E-state index is -0.432. The van der Waals surface area contributed by atoms with Gasteiger partial charge in [-0.05, 0) is 19.3 Å². The number of amides is 1. The third kappa shape index (κ3) is 2.75. The Morgan fingerprint density at radius 2 is 2.47 bits per heavy atom. The largest absolute Gasteiger partial charge is 0.393 e. The number of ether oxygens (including phenoxy) is 1. The maximum absolute atomic E-state index is 12.0. The molecule has 2 aliphatic rings. The van der Waals surface area contributed by atoms with Gasteiger partial charge in [0.2, 0.25) is 5.91 Å². The van der Waals surface area contributed by atoms with E-state index in [0.29, 0.717) is 39.0 Å². The van der Waals surface area contributed by atoms with Crippen molar-refractivity contribution in [3.8, 4) is 0 Å². The molecule has 2 rings (SSSR count). The molecule has 1 N–H and O–H groups in total. The van der Waals surface area contributed by atoms with Gasteiger partial charge in [0.15, 0.2) is 0 Å². The van der Waals surface area contributed by atoms with Crippen LogP contribution in [0.1, 0.15) is 32.6 Å². The lowest BCUT2D eigenvalue weighted by molar-refractivity contribution is -0.135. The van der Waals surface area contributed by atoms with E-state index >= 15 is 0 Å². The SMILES string of the molecule is CC[C@H](Cl)C(=O)N1CC[C@]2(C[C@@H](O)CCO2)C1. The molecule has 2 heterocycles. The normalized spacial score (nSPS) is 35.2. The lowest BCUT2D eigenvalue weighted by Gasteiger charge is -2.36. The minimum absolute atomic E-state index is 0.00490. The summed E-state index contributed by atoms with van der Waals surface area (Å²) in [6.45, 7) is 3.75. The topological polar surface area (TPSA) is 49.8 Å². The number of likely N-dealkylation sites (tertiary alicyclic amines) is 1. The Bertz CT molecular complexity index is 299. The molecule has 98 valence electrons. The van der Waals surface area contributed by atoms with Crippen molar-refractivity contribution < 1.29 is 14.6 Å². The standard InChI is InChI=1S/C12H20ClNO3/c1-2-10(13)11(16)14-5-4-12(8-14)7-9(15)3-6-17-12/h9-10,15H,2-8H2,1H3/t9-,10-,12-/m0/s1. The molecular formula is C12H20ClNO3. The summed E-state index contributed by atoms with van der Waals surface area (Å²) in [6, 6.07) is 0. The third-order valence-electron chi connectivity index (χ3n) is 3.72. The molecule has 17 heavy (non-hydrogen) atoms. The summed E-state index contributed by atoms with van der Waals surface area (Å²) in [5.41, 5.74) is -0.322. The van der Waals surface area contributed by atoms with Crippen LogP contribution in [0, 0.1) is 0 Å². The van der Waals surface area contributed by atoms with E-state index in [9.17, 15) is 9.90 Å². The summed E-state index contributed by atoms with van der Waals surface area (Å²) in [4.78, 5) is 13.7. The molecule has 1 spiro atoms. The maximum atomic E-state index is 12.0. The molecule has 5 heteroatoms. The van der Waals surface area contributed by atoms with Crippen LogP contribution in [0.2, 0.25) is 0 Å². The van der Waals surface area contributed by atoms with Crippen molar-refractivity contribution in [1.82, 2.24) is 4.90 Å². The van der Waals surface area contributed by atoms with Gasteiger partial charge in [-0.1, -0.05) is 6.92 Å². The molecule has 2 saturated heterocycles. The molecule has 0 aromatic heterocycles. The fourth-order valence-electron chi connectivity index (χ4n) is 2.69. The average Bonchev–Trinajstić information content (AvgIpc) is 2.70. The second-order valence-corrected chi connectivity index (χ2v) is 5.59. The predicted octanol–water partition coefficient (Wildman–Crippen LogP) is 1.15. The predicted molar refractivity (Wildman–Crippen MR) is 65.1 cm³/mol. The number of aliphatic hydroxyl groups excluding tert-OH is 1. The number of carbonyl (C=O) groups excluding carboxylic acids is 1. The van der Waals surface area contributed by atoms with Crippen molar-refractivity contribution in [1.29, 1.82) is 0 Å². The first-order chi connectivity index (χ1) is 8.06. The molecule has 0 aromatic rings. The van der Waals surface area contributed by atoms with Gasteiger partial charge in [-0.3, -0.25) is 4.79 Å². The van der Waals surface area contributed by atoms with Gasteiger partial charge in [-0.2, -0.15) is 0 Å². The van der Waals surface area contributed by atoms with Gasteiger partial charge in [-0.15, -0.1) is 11.6 Å². The number of hydrogen-bond donors (Lipinski definition) is 1. The monoisotopic (exact) mass is 261 g/mol. The zero-order valence-electron chi connectivity index (χ0n) is 10.2. The van der Waals surface area contributed by atoms with Crippen LogP contribution in [-0.2, 0) is 9.53 Å². The van der Waals surface area contributed by atoms with Gasteiger partial charge in [0.25, 0.3) is 0 Å². The van der Waals surface area contributed by atoms with Crippen LogP contribution < -0.4 is 0 Å². The highest BCUT2D eigenvalue weighted by Gasteiger charge is 2.44. The number of halogens is 1. The maximum Gasteiger partial charge on any atom is 0.240 e. The minimum Gasteiger partial charge on any atom is -0.393 e. The Morgan fingerprint density at radius 1 is 1.71 bits per heavy atom. The van der Waals surface area contributed by atoms with Crippen LogP contribution in [0.4, 0.5) is 0 Å². The Morgan fingerprint density at radius 3 is 3.12 bits per heavy atom. The van der Waals surface area contributed by atoms with Crippen LogP contribution in [-0.4, -0.2) is 52.7 Å². The van der Waals surface area contributed by atoms with Gasteiger partial charge >= 0.3 is 0 Å². The van der Waals surface area contributed by atoms with Crippen LogP contribution in [0.15, 0.2) is 0 Å². The highest BCUT2D eigenvalue weighted by molar-refractivity contribution is 6.30. The lowest BCUT2D eigenvalue weighted by atomic mass is 9.91. The lowest BCUT2D eigenvalue weighted by Crippen LogP contribution is -2.45. The fourth-order valence-corrected chi connectivity index (χ4v) is 2.83. The van der Waals surface area contributed by atoms with E-state index < -0.39 is 5.38 Å². The first kappa shape index (κ1) is 13.1. The van der Waals surface area contributed by atoms with Crippen molar-refractivity contribution in [3.63, 3.8) is 0 Å². The second-order valence-electron chi connectivity index (χ2n) is 5.06. The molecule has 0 aromatic carbocycles. The molecule has 1 amide bonds. The highest BCUT2D eigenvalue weighted by Crippen LogP contribution is 2.34. The van der Waals surface area contributed by atoms with Crippen LogP contribution in [0.3, 0.4) is 0 Å². The van der Waals surface area contributed by atoms with E-state index in [1.165, 1.54) is 0 Å². The molecule has 0 unspecified atom stereocenters.